The molecule has 2 aromatic rings. The van der Waals surface area contributed by atoms with E-state index in [0.717, 1.165) is 23.4 Å². The van der Waals surface area contributed by atoms with Gasteiger partial charge in [0.25, 0.3) is 0 Å². The fourth-order valence-corrected chi connectivity index (χ4v) is 2.33. The van der Waals surface area contributed by atoms with Crippen molar-refractivity contribution in [3.63, 3.8) is 0 Å². The molecule has 0 unspecified atom stereocenters. The zero-order chi connectivity index (χ0) is 13.3. The number of aryl methyl sites for hydroxylation is 1. The molecule has 1 aromatic heterocycles. The van der Waals surface area contributed by atoms with E-state index in [-0.39, 0.29) is 0 Å². The van der Waals surface area contributed by atoms with Crippen LogP contribution in [0, 0.1) is 13.8 Å². The number of aromatic nitrogens is 2. The molecular formula is C15H20N2O. The summed E-state index contributed by atoms with van der Waals surface area (Å²) in [7, 11) is 0. The van der Waals surface area contributed by atoms with Crippen LogP contribution in [0.15, 0.2) is 24.3 Å². The first-order valence-electron chi connectivity index (χ1n) is 6.38. The first kappa shape index (κ1) is 12.8. The molecular weight excluding hydrogens is 224 g/mol. The van der Waals surface area contributed by atoms with Crippen molar-refractivity contribution in [1.29, 1.82) is 0 Å². The molecule has 0 bridgehead atoms. The van der Waals surface area contributed by atoms with Gasteiger partial charge in [0.15, 0.2) is 0 Å². The normalized spacial score (nSPS) is 12.7. The largest absolute Gasteiger partial charge is 0.389 e. The highest BCUT2D eigenvalue weighted by Crippen LogP contribution is 2.20. The van der Waals surface area contributed by atoms with Crippen molar-refractivity contribution in [2.45, 2.75) is 40.2 Å². The first-order valence-corrected chi connectivity index (χ1v) is 6.38. The maximum Gasteiger partial charge on any atom is 0.0761 e. The van der Waals surface area contributed by atoms with Crippen LogP contribution < -0.4 is 0 Å². The monoisotopic (exact) mass is 244 g/mol. The number of aliphatic hydroxyl groups excluding tert-OH is 1. The van der Waals surface area contributed by atoms with Gasteiger partial charge in [0, 0.05) is 5.69 Å². The van der Waals surface area contributed by atoms with Gasteiger partial charge >= 0.3 is 0 Å². The first-order chi connectivity index (χ1) is 8.54. The Kier molecular flexibility index (Phi) is 3.53. The van der Waals surface area contributed by atoms with E-state index < -0.39 is 6.10 Å². The Hall–Kier alpha value is -1.61. The second kappa shape index (κ2) is 4.94. The molecule has 3 heteroatoms. The van der Waals surface area contributed by atoms with E-state index in [9.17, 15) is 5.11 Å². The molecule has 96 valence electrons. The summed E-state index contributed by atoms with van der Waals surface area (Å²) in [4.78, 5) is 0. The summed E-state index contributed by atoms with van der Waals surface area (Å²) < 4.78 is 1.97. The van der Waals surface area contributed by atoms with E-state index in [2.05, 4.69) is 18.9 Å². The maximum atomic E-state index is 9.50. The molecule has 0 radical (unpaired) electrons. The maximum absolute atomic E-state index is 9.50. The number of benzene rings is 1. The minimum Gasteiger partial charge on any atom is -0.389 e. The Morgan fingerprint density at radius 1 is 1.22 bits per heavy atom. The fraction of sp³-hybridized carbons (Fsp3) is 0.400. The lowest BCUT2D eigenvalue weighted by Crippen LogP contribution is -2.00. The number of aliphatic hydroxyl groups is 1. The highest BCUT2D eigenvalue weighted by Gasteiger charge is 2.11. The zero-order valence-corrected chi connectivity index (χ0v) is 11.4. The van der Waals surface area contributed by atoms with Gasteiger partial charge in [-0.2, -0.15) is 5.10 Å². The second-order valence-electron chi connectivity index (χ2n) is 4.68. The Morgan fingerprint density at radius 3 is 2.28 bits per heavy atom. The van der Waals surface area contributed by atoms with Crippen LogP contribution in [0.4, 0.5) is 0 Å². The second-order valence-corrected chi connectivity index (χ2v) is 4.68. The van der Waals surface area contributed by atoms with Crippen LogP contribution in [0.1, 0.15) is 42.5 Å². The van der Waals surface area contributed by atoms with Gasteiger partial charge in [-0.1, -0.05) is 19.1 Å². The highest BCUT2D eigenvalue weighted by molar-refractivity contribution is 5.39. The van der Waals surface area contributed by atoms with Crippen LogP contribution in [0.25, 0.3) is 5.69 Å². The molecule has 0 aliphatic heterocycles. The fourth-order valence-electron chi connectivity index (χ4n) is 2.33. The number of rotatable bonds is 3. The highest BCUT2D eigenvalue weighted by atomic mass is 16.3. The molecule has 0 fully saturated rings. The Labute approximate surface area is 108 Å². The van der Waals surface area contributed by atoms with Crippen LogP contribution in [0.2, 0.25) is 0 Å². The lowest BCUT2D eigenvalue weighted by molar-refractivity contribution is 0.199. The van der Waals surface area contributed by atoms with E-state index in [4.69, 9.17) is 0 Å². The molecule has 1 N–H and O–H groups in total. The van der Waals surface area contributed by atoms with Gasteiger partial charge in [0.05, 0.1) is 17.5 Å². The Balaban J connectivity index is 2.43. The van der Waals surface area contributed by atoms with Gasteiger partial charge in [0.2, 0.25) is 0 Å². The third-order valence-corrected chi connectivity index (χ3v) is 3.41. The van der Waals surface area contributed by atoms with Crippen molar-refractivity contribution in [1.82, 2.24) is 9.78 Å². The van der Waals surface area contributed by atoms with Gasteiger partial charge in [-0.3, -0.25) is 0 Å². The van der Waals surface area contributed by atoms with E-state index in [1.54, 1.807) is 6.92 Å². The van der Waals surface area contributed by atoms with E-state index in [1.807, 2.05) is 35.9 Å². The van der Waals surface area contributed by atoms with Gasteiger partial charge in [0.1, 0.15) is 0 Å². The topological polar surface area (TPSA) is 38.0 Å². The van der Waals surface area contributed by atoms with Gasteiger partial charge in [-0.25, -0.2) is 4.68 Å². The summed E-state index contributed by atoms with van der Waals surface area (Å²) in [5.74, 6) is 0. The molecule has 1 atom stereocenters. The third kappa shape index (κ3) is 2.18. The molecule has 0 aliphatic carbocycles. The molecule has 0 spiro atoms. The lowest BCUT2D eigenvalue weighted by Gasteiger charge is -2.08. The number of hydrogen-bond donors (Lipinski definition) is 1. The molecule has 0 saturated heterocycles. The molecule has 1 aromatic carbocycles. The summed E-state index contributed by atoms with van der Waals surface area (Å²) in [6.07, 6.45) is 0.578. The van der Waals surface area contributed by atoms with Crippen LogP contribution in [0.5, 0.6) is 0 Å². The minimum absolute atomic E-state index is 0.425. The summed E-state index contributed by atoms with van der Waals surface area (Å²) >= 11 is 0. The molecule has 18 heavy (non-hydrogen) atoms. The van der Waals surface area contributed by atoms with Gasteiger partial charge < -0.3 is 5.11 Å². The van der Waals surface area contributed by atoms with Crippen LogP contribution in [0.3, 0.4) is 0 Å². The molecule has 0 amide bonds. The Bertz CT molecular complexity index is 538. The lowest BCUT2D eigenvalue weighted by atomic mass is 10.1. The molecule has 3 nitrogen and oxygen atoms in total. The molecule has 2 rings (SSSR count). The minimum atomic E-state index is -0.425. The van der Waals surface area contributed by atoms with E-state index in [1.165, 1.54) is 11.3 Å². The van der Waals surface area contributed by atoms with Crippen molar-refractivity contribution in [3.05, 3.63) is 46.8 Å². The average Bonchev–Trinajstić information content (AvgIpc) is 2.64. The number of hydrogen-bond acceptors (Lipinski definition) is 2. The van der Waals surface area contributed by atoms with Crippen molar-refractivity contribution in [2.75, 3.05) is 0 Å². The third-order valence-electron chi connectivity index (χ3n) is 3.41. The van der Waals surface area contributed by atoms with Crippen molar-refractivity contribution < 1.29 is 5.11 Å². The van der Waals surface area contributed by atoms with Crippen LogP contribution >= 0.6 is 0 Å². The van der Waals surface area contributed by atoms with Crippen molar-refractivity contribution >= 4 is 0 Å². The van der Waals surface area contributed by atoms with Crippen molar-refractivity contribution in [3.8, 4) is 5.69 Å². The predicted molar refractivity (Wildman–Crippen MR) is 73.0 cm³/mol. The summed E-state index contributed by atoms with van der Waals surface area (Å²) in [5.41, 5.74) is 5.57. The average molecular weight is 244 g/mol. The molecule has 0 aliphatic rings. The smallest absolute Gasteiger partial charge is 0.0761 e. The van der Waals surface area contributed by atoms with E-state index >= 15 is 0 Å². The predicted octanol–water partition coefficient (Wildman–Crippen LogP) is 3.10. The summed E-state index contributed by atoms with van der Waals surface area (Å²) in [6, 6.07) is 7.89. The Morgan fingerprint density at radius 2 is 1.83 bits per heavy atom. The summed E-state index contributed by atoms with van der Waals surface area (Å²) in [5, 5.41) is 14.1. The van der Waals surface area contributed by atoms with Gasteiger partial charge in [-0.15, -0.1) is 0 Å². The van der Waals surface area contributed by atoms with Crippen LogP contribution in [-0.4, -0.2) is 14.9 Å². The molecule has 0 saturated carbocycles. The van der Waals surface area contributed by atoms with Crippen LogP contribution in [-0.2, 0) is 6.42 Å². The SMILES string of the molecule is CCc1c(C)nn(-c2ccc([C@@H](C)O)cc2)c1C. The quantitative estimate of drug-likeness (QED) is 0.901. The zero-order valence-electron chi connectivity index (χ0n) is 11.4. The molecule has 1 heterocycles. The van der Waals surface area contributed by atoms with E-state index in [0.29, 0.717) is 0 Å². The summed E-state index contributed by atoms with van der Waals surface area (Å²) in [6.45, 7) is 8.07. The van der Waals surface area contributed by atoms with Gasteiger partial charge in [-0.05, 0) is 50.5 Å². The standard InChI is InChI=1S/C15H20N2O/c1-5-15-10(2)16-17(11(15)3)14-8-6-13(7-9-14)12(4)18/h6-9,12,18H,5H2,1-4H3/t12-/m1/s1. The number of nitrogens with zero attached hydrogens (tertiary/aromatic N) is 2. The van der Waals surface area contributed by atoms with Crippen molar-refractivity contribution in [2.24, 2.45) is 0 Å².